The van der Waals surface area contributed by atoms with Crippen LogP contribution in [0, 0.1) is 11.3 Å². The van der Waals surface area contributed by atoms with Crippen molar-refractivity contribution in [1.29, 1.82) is 5.41 Å². The van der Waals surface area contributed by atoms with E-state index >= 15 is 0 Å². The van der Waals surface area contributed by atoms with Crippen LogP contribution in [0.25, 0.3) is 0 Å². The highest BCUT2D eigenvalue weighted by molar-refractivity contribution is 6.02. The fourth-order valence-corrected chi connectivity index (χ4v) is 1.19. The van der Waals surface area contributed by atoms with Crippen LogP contribution in [-0.2, 0) is 0 Å². The molecule has 0 atom stereocenters. The van der Waals surface area contributed by atoms with Gasteiger partial charge in [-0.1, -0.05) is 31.2 Å². The summed E-state index contributed by atoms with van der Waals surface area (Å²) in [5.74, 6) is 0.464. The Morgan fingerprint density at radius 1 is 1.50 bits per heavy atom. The van der Waals surface area contributed by atoms with E-state index in [-0.39, 0.29) is 0 Å². The van der Waals surface area contributed by atoms with Crippen LogP contribution in [0.1, 0.15) is 19.8 Å². The first-order valence-corrected chi connectivity index (χ1v) is 4.34. The molecule has 0 aliphatic heterocycles. The van der Waals surface area contributed by atoms with Gasteiger partial charge in [-0.15, -0.1) is 0 Å². The molecule has 0 aromatic rings. The molecular formula is C11H15N. The van der Waals surface area contributed by atoms with Gasteiger partial charge in [-0.25, -0.2) is 0 Å². The first-order chi connectivity index (χ1) is 5.72. The molecule has 12 heavy (non-hydrogen) atoms. The second-order valence-electron chi connectivity index (χ2n) is 3.15. The molecule has 64 valence electrons. The highest BCUT2D eigenvalue weighted by atomic mass is 14.4. The summed E-state index contributed by atoms with van der Waals surface area (Å²) in [4.78, 5) is 0. The van der Waals surface area contributed by atoms with Crippen molar-refractivity contribution in [2.24, 2.45) is 5.92 Å². The second-order valence-corrected chi connectivity index (χ2v) is 3.15. The molecule has 0 radical (unpaired) electrons. The van der Waals surface area contributed by atoms with Crippen LogP contribution in [0.5, 0.6) is 0 Å². The monoisotopic (exact) mass is 161 g/mol. The molecule has 0 bridgehead atoms. The van der Waals surface area contributed by atoms with Crippen molar-refractivity contribution in [3.63, 3.8) is 0 Å². The molecule has 1 aliphatic rings. The van der Waals surface area contributed by atoms with Gasteiger partial charge in [0.25, 0.3) is 0 Å². The van der Waals surface area contributed by atoms with Gasteiger partial charge in [0.2, 0.25) is 0 Å². The van der Waals surface area contributed by atoms with Crippen molar-refractivity contribution in [3.8, 4) is 0 Å². The van der Waals surface area contributed by atoms with Crippen LogP contribution < -0.4 is 0 Å². The summed E-state index contributed by atoms with van der Waals surface area (Å²) in [7, 11) is 0. The SMILES string of the molecule is C=C(CC)CC1C=CC(=N)C=C1. The lowest BCUT2D eigenvalue weighted by molar-refractivity contribution is 0.769. The largest absolute Gasteiger partial charge is 0.301 e. The predicted molar refractivity (Wildman–Crippen MR) is 53.5 cm³/mol. The van der Waals surface area contributed by atoms with Gasteiger partial charge in [0.05, 0.1) is 5.71 Å². The third-order valence-electron chi connectivity index (χ3n) is 2.07. The molecule has 0 aromatic heterocycles. The van der Waals surface area contributed by atoms with E-state index in [9.17, 15) is 0 Å². The fourth-order valence-electron chi connectivity index (χ4n) is 1.19. The predicted octanol–water partition coefficient (Wildman–Crippen LogP) is 3.10. The zero-order valence-electron chi connectivity index (χ0n) is 7.51. The third-order valence-corrected chi connectivity index (χ3v) is 2.07. The summed E-state index contributed by atoms with van der Waals surface area (Å²) in [5, 5.41) is 7.31. The van der Waals surface area contributed by atoms with Crippen LogP contribution in [0.3, 0.4) is 0 Å². The molecule has 1 aliphatic carbocycles. The van der Waals surface area contributed by atoms with Crippen molar-refractivity contribution in [2.45, 2.75) is 19.8 Å². The van der Waals surface area contributed by atoms with E-state index in [1.54, 1.807) is 0 Å². The van der Waals surface area contributed by atoms with Crippen LogP contribution in [0.15, 0.2) is 36.5 Å². The van der Waals surface area contributed by atoms with Crippen LogP contribution in [0.2, 0.25) is 0 Å². The summed E-state index contributed by atoms with van der Waals surface area (Å²) in [5.41, 5.74) is 1.87. The zero-order valence-corrected chi connectivity index (χ0v) is 7.51. The molecule has 0 saturated carbocycles. The lowest BCUT2D eigenvalue weighted by Gasteiger charge is -2.11. The first-order valence-electron chi connectivity index (χ1n) is 4.34. The average molecular weight is 161 g/mol. The Balaban J connectivity index is 2.46. The van der Waals surface area contributed by atoms with Gasteiger partial charge >= 0.3 is 0 Å². The molecule has 0 amide bonds. The Labute approximate surface area is 74.0 Å². The standard InChI is InChI=1S/C11H15N/c1-3-9(2)8-10-4-6-11(12)7-5-10/h4-7,10,12H,2-3,8H2,1H3. The minimum absolute atomic E-state index is 0.464. The minimum atomic E-state index is 0.464. The van der Waals surface area contributed by atoms with Crippen LogP contribution >= 0.6 is 0 Å². The molecule has 0 saturated heterocycles. The van der Waals surface area contributed by atoms with Gasteiger partial charge in [0.15, 0.2) is 0 Å². The van der Waals surface area contributed by atoms with Crippen LogP contribution in [-0.4, -0.2) is 5.71 Å². The smallest absolute Gasteiger partial charge is 0.0533 e. The van der Waals surface area contributed by atoms with Gasteiger partial charge in [-0.2, -0.15) is 0 Å². The van der Waals surface area contributed by atoms with E-state index in [0.717, 1.165) is 12.8 Å². The first kappa shape index (κ1) is 8.98. The maximum atomic E-state index is 7.31. The lowest BCUT2D eigenvalue weighted by Crippen LogP contribution is -2.00. The Morgan fingerprint density at radius 2 is 2.08 bits per heavy atom. The molecular weight excluding hydrogens is 146 g/mol. The highest BCUT2D eigenvalue weighted by Crippen LogP contribution is 2.18. The van der Waals surface area contributed by atoms with E-state index in [4.69, 9.17) is 5.41 Å². The fraction of sp³-hybridized carbons (Fsp3) is 0.364. The van der Waals surface area contributed by atoms with Gasteiger partial charge in [0.1, 0.15) is 0 Å². The van der Waals surface area contributed by atoms with Gasteiger partial charge in [-0.05, 0) is 30.9 Å². The number of hydrogen-bond donors (Lipinski definition) is 1. The Bertz CT molecular complexity index is 230. The summed E-state index contributed by atoms with van der Waals surface area (Å²) < 4.78 is 0. The number of nitrogens with one attached hydrogen (secondary N) is 1. The van der Waals surface area contributed by atoms with Gasteiger partial charge < -0.3 is 5.41 Å². The van der Waals surface area contributed by atoms with Crippen molar-refractivity contribution in [2.75, 3.05) is 0 Å². The van der Waals surface area contributed by atoms with Crippen molar-refractivity contribution in [3.05, 3.63) is 36.5 Å². The van der Waals surface area contributed by atoms with Crippen LogP contribution in [0.4, 0.5) is 0 Å². The van der Waals surface area contributed by atoms with E-state index in [1.807, 2.05) is 12.2 Å². The second kappa shape index (κ2) is 4.05. The molecule has 0 heterocycles. The quantitative estimate of drug-likeness (QED) is 0.615. The molecule has 0 unspecified atom stereocenters. The minimum Gasteiger partial charge on any atom is -0.301 e. The number of hydrogen-bond acceptors (Lipinski definition) is 1. The topological polar surface area (TPSA) is 23.9 Å². The Kier molecular flexibility index (Phi) is 3.03. The van der Waals surface area contributed by atoms with E-state index in [2.05, 4.69) is 25.7 Å². The molecule has 1 nitrogen and oxygen atoms in total. The summed E-state index contributed by atoms with van der Waals surface area (Å²) in [6.45, 7) is 6.09. The number of rotatable bonds is 3. The van der Waals surface area contributed by atoms with E-state index in [1.165, 1.54) is 5.57 Å². The summed E-state index contributed by atoms with van der Waals surface area (Å²) in [6, 6.07) is 0. The molecule has 0 aromatic carbocycles. The van der Waals surface area contributed by atoms with Crippen molar-refractivity contribution in [1.82, 2.24) is 0 Å². The molecule has 0 fully saturated rings. The maximum Gasteiger partial charge on any atom is 0.0533 e. The van der Waals surface area contributed by atoms with Crippen molar-refractivity contribution >= 4 is 5.71 Å². The maximum absolute atomic E-state index is 7.31. The number of allylic oxidation sites excluding steroid dienone is 5. The van der Waals surface area contributed by atoms with E-state index < -0.39 is 0 Å². The molecule has 1 rings (SSSR count). The third kappa shape index (κ3) is 2.50. The summed E-state index contributed by atoms with van der Waals surface area (Å²) in [6.07, 6.45) is 9.93. The molecule has 1 N–H and O–H groups in total. The molecule has 1 heteroatoms. The summed E-state index contributed by atoms with van der Waals surface area (Å²) >= 11 is 0. The zero-order chi connectivity index (χ0) is 8.97. The van der Waals surface area contributed by atoms with Gasteiger partial charge in [-0.3, -0.25) is 0 Å². The Hall–Kier alpha value is -1.11. The van der Waals surface area contributed by atoms with Crippen molar-refractivity contribution < 1.29 is 0 Å². The average Bonchev–Trinajstić information content (AvgIpc) is 2.09. The lowest BCUT2D eigenvalue weighted by atomic mass is 9.94. The normalized spacial score (nSPS) is 21.4. The Morgan fingerprint density at radius 3 is 2.58 bits per heavy atom. The highest BCUT2D eigenvalue weighted by Gasteiger charge is 2.05. The molecule has 0 spiro atoms. The van der Waals surface area contributed by atoms with Gasteiger partial charge in [0, 0.05) is 0 Å². The van der Waals surface area contributed by atoms with E-state index in [0.29, 0.717) is 11.6 Å².